The SMILES string of the molecule is Cc1ccc(C)n1NC(=O)c1cccc(N2C(=O)[C@@H]3[C@@H](C2=O)[C@H]2C=C[C@H]3C2)c1. The van der Waals surface area contributed by atoms with Crippen LogP contribution in [0.1, 0.15) is 28.2 Å². The standard InChI is InChI=1S/C22H21N3O3/c1-12-6-7-13(2)25(12)23-20(26)16-4-3-5-17(11-16)24-21(27)18-14-8-9-15(10-14)19(18)22(24)28/h3-9,11,14-15,18-19H,10H2,1-2H3,(H,23,26)/t14-,15-,18-,19-/m0/s1. The summed E-state index contributed by atoms with van der Waals surface area (Å²) in [4.78, 5) is 40.0. The van der Waals surface area contributed by atoms with Crippen molar-refractivity contribution in [3.05, 3.63) is 65.5 Å². The fourth-order valence-electron chi connectivity index (χ4n) is 4.95. The first-order chi connectivity index (χ1) is 13.5. The van der Waals surface area contributed by atoms with Crippen molar-refractivity contribution in [2.75, 3.05) is 10.3 Å². The number of amides is 3. The molecule has 1 aromatic carbocycles. The fraction of sp³-hybridized carbons (Fsp3) is 0.318. The summed E-state index contributed by atoms with van der Waals surface area (Å²) < 4.78 is 1.72. The van der Waals surface area contributed by atoms with Gasteiger partial charge < -0.3 is 0 Å². The summed E-state index contributed by atoms with van der Waals surface area (Å²) in [6, 6.07) is 10.6. The average molecular weight is 375 g/mol. The van der Waals surface area contributed by atoms with Crippen LogP contribution in [0.4, 0.5) is 5.69 Å². The number of benzene rings is 1. The van der Waals surface area contributed by atoms with E-state index in [0.29, 0.717) is 11.3 Å². The van der Waals surface area contributed by atoms with Crippen molar-refractivity contribution in [3.8, 4) is 0 Å². The van der Waals surface area contributed by atoms with Gasteiger partial charge in [-0.2, -0.15) is 0 Å². The minimum atomic E-state index is -0.287. The Bertz CT molecular complexity index is 1000. The number of imide groups is 1. The van der Waals surface area contributed by atoms with Crippen molar-refractivity contribution in [1.29, 1.82) is 0 Å². The summed E-state index contributed by atoms with van der Waals surface area (Å²) in [6.07, 6.45) is 5.05. The molecule has 3 amide bonds. The number of rotatable bonds is 3. The molecule has 3 aliphatic rings. The van der Waals surface area contributed by atoms with Crippen LogP contribution in [0.25, 0.3) is 0 Å². The molecule has 0 spiro atoms. The highest BCUT2D eigenvalue weighted by Gasteiger charge is 2.59. The lowest BCUT2D eigenvalue weighted by atomic mass is 9.85. The molecule has 142 valence electrons. The van der Waals surface area contributed by atoms with Gasteiger partial charge in [-0.1, -0.05) is 18.2 Å². The quantitative estimate of drug-likeness (QED) is 0.662. The molecule has 6 heteroatoms. The van der Waals surface area contributed by atoms with Gasteiger partial charge in [0.15, 0.2) is 0 Å². The lowest BCUT2D eigenvalue weighted by Gasteiger charge is -2.18. The predicted octanol–water partition coefficient (Wildman–Crippen LogP) is 2.80. The Morgan fingerprint density at radius 1 is 0.964 bits per heavy atom. The Hall–Kier alpha value is -3.15. The first-order valence-electron chi connectivity index (χ1n) is 9.58. The Balaban J connectivity index is 1.43. The minimum absolute atomic E-state index is 0.137. The number of aryl methyl sites for hydroxylation is 2. The van der Waals surface area contributed by atoms with Gasteiger partial charge in [0.1, 0.15) is 0 Å². The molecule has 0 unspecified atom stereocenters. The van der Waals surface area contributed by atoms with Crippen LogP contribution in [0, 0.1) is 37.5 Å². The van der Waals surface area contributed by atoms with Gasteiger partial charge in [0, 0.05) is 17.0 Å². The Morgan fingerprint density at radius 2 is 1.57 bits per heavy atom. The first kappa shape index (κ1) is 17.0. The summed E-state index contributed by atoms with van der Waals surface area (Å²) >= 11 is 0. The van der Waals surface area contributed by atoms with Crippen LogP contribution in [-0.2, 0) is 9.59 Å². The van der Waals surface area contributed by atoms with Crippen molar-refractivity contribution >= 4 is 23.4 Å². The maximum atomic E-state index is 13.0. The van der Waals surface area contributed by atoms with Crippen LogP contribution in [0.3, 0.4) is 0 Å². The van der Waals surface area contributed by atoms with Gasteiger partial charge in [-0.25, -0.2) is 4.90 Å². The molecule has 1 N–H and O–H groups in total. The number of nitrogens with zero attached hydrogens (tertiary/aromatic N) is 2. The minimum Gasteiger partial charge on any atom is -0.274 e. The van der Waals surface area contributed by atoms with E-state index in [2.05, 4.69) is 17.6 Å². The largest absolute Gasteiger partial charge is 0.274 e. The van der Waals surface area contributed by atoms with Crippen LogP contribution >= 0.6 is 0 Å². The Labute approximate surface area is 162 Å². The van der Waals surface area contributed by atoms with Gasteiger partial charge in [-0.3, -0.25) is 24.5 Å². The van der Waals surface area contributed by atoms with Crippen LogP contribution in [0.5, 0.6) is 0 Å². The van der Waals surface area contributed by atoms with E-state index in [1.165, 1.54) is 4.90 Å². The Kier molecular flexibility index (Phi) is 3.59. The maximum Gasteiger partial charge on any atom is 0.270 e. The molecule has 28 heavy (non-hydrogen) atoms. The number of carbonyl (C=O) groups is 3. The van der Waals surface area contributed by atoms with E-state index < -0.39 is 0 Å². The van der Waals surface area contributed by atoms with E-state index in [1.54, 1.807) is 28.9 Å². The molecule has 2 heterocycles. The summed E-state index contributed by atoms with van der Waals surface area (Å²) in [6.45, 7) is 3.82. The topological polar surface area (TPSA) is 71.4 Å². The normalized spacial score (nSPS) is 27.6. The second kappa shape index (κ2) is 5.92. The molecule has 0 radical (unpaired) electrons. The van der Waals surface area contributed by atoms with Crippen LogP contribution in [0.15, 0.2) is 48.6 Å². The summed E-state index contributed by atoms with van der Waals surface area (Å²) in [7, 11) is 0. The summed E-state index contributed by atoms with van der Waals surface area (Å²) in [5.41, 5.74) is 5.57. The predicted molar refractivity (Wildman–Crippen MR) is 104 cm³/mol. The van der Waals surface area contributed by atoms with E-state index >= 15 is 0 Å². The van der Waals surface area contributed by atoms with Gasteiger partial charge in [0.05, 0.1) is 17.5 Å². The van der Waals surface area contributed by atoms with Gasteiger partial charge in [0.2, 0.25) is 11.8 Å². The first-order valence-corrected chi connectivity index (χ1v) is 9.58. The van der Waals surface area contributed by atoms with Crippen LogP contribution < -0.4 is 10.3 Å². The van der Waals surface area contributed by atoms with Crippen LogP contribution in [0.2, 0.25) is 0 Å². The third-order valence-corrected chi connectivity index (χ3v) is 6.32. The zero-order chi connectivity index (χ0) is 19.6. The molecule has 1 saturated heterocycles. The molecule has 2 bridgehead atoms. The second-order valence-electron chi connectivity index (χ2n) is 7.95. The third kappa shape index (κ3) is 2.30. The van der Waals surface area contributed by atoms with E-state index in [9.17, 15) is 14.4 Å². The number of aromatic nitrogens is 1. The Morgan fingerprint density at radius 3 is 2.18 bits per heavy atom. The molecule has 2 fully saturated rings. The zero-order valence-corrected chi connectivity index (χ0v) is 15.8. The molecule has 1 aromatic heterocycles. The molecule has 2 aliphatic carbocycles. The third-order valence-electron chi connectivity index (χ3n) is 6.32. The number of nitrogens with one attached hydrogen (secondary N) is 1. The lowest BCUT2D eigenvalue weighted by molar-refractivity contribution is -0.123. The number of fused-ring (bicyclic) bond motifs is 5. The number of hydrogen-bond acceptors (Lipinski definition) is 3. The van der Waals surface area contributed by atoms with Gasteiger partial charge in [-0.05, 0) is 62.4 Å². The molecule has 6 nitrogen and oxygen atoms in total. The van der Waals surface area contributed by atoms with Crippen molar-refractivity contribution < 1.29 is 14.4 Å². The average Bonchev–Trinajstić information content (AvgIpc) is 3.43. The van der Waals surface area contributed by atoms with Gasteiger partial charge in [0.25, 0.3) is 5.91 Å². The molecular weight excluding hydrogens is 354 g/mol. The molecule has 1 saturated carbocycles. The highest BCUT2D eigenvalue weighted by atomic mass is 16.2. The van der Waals surface area contributed by atoms with Gasteiger partial charge in [-0.15, -0.1) is 0 Å². The van der Waals surface area contributed by atoms with Crippen molar-refractivity contribution in [2.45, 2.75) is 20.3 Å². The summed E-state index contributed by atoms with van der Waals surface area (Å²) in [5.74, 6) is -0.714. The monoisotopic (exact) mass is 375 g/mol. The molecule has 1 aliphatic heterocycles. The van der Waals surface area contributed by atoms with Crippen LogP contribution in [-0.4, -0.2) is 22.4 Å². The molecular formula is C22H21N3O3. The molecule has 4 atom stereocenters. The van der Waals surface area contributed by atoms with E-state index in [1.807, 2.05) is 26.0 Å². The van der Waals surface area contributed by atoms with E-state index in [0.717, 1.165) is 17.8 Å². The highest BCUT2D eigenvalue weighted by Crippen LogP contribution is 2.53. The number of anilines is 1. The lowest BCUT2D eigenvalue weighted by Crippen LogP contribution is -2.33. The number of allylic oxidation sites excluding steroid dienone is 2. The zero-order valence-electron chi connectivity index (χ0n) is 15.8. The highest BCUT2D eigenvalue weighted by molar-refractivity contribution is 6.23. The van der Waals surface area contributed by atoms with Crippen molar-refractivity contribution in [2.24, 2.45) is 23.7 Å². The van der Waals surface area contributed by atoms with Crippen molar-refractivity contribution in [1.82, 2.24) is 4.68 Å². The smallest absolute Gasteiger partial charge is 0.270 e. The summed E-state index contributed by atoms with van der Waals surface area (Å²) in [5, 5.41) is 0. The van der Waals surface area contributed by atoms with Crippen molar-refractivity contribution in [3.63, 3.8) is 0 Å². The molecule has 5 rings (SSSR count). The van der Waals surface area contributed by atoms with E-state index in [4.69, 9.17) is 0 Å². The second-order valence-corrected chi connectivity index (χ2v) is 7.95. The van der Waals surface area contributed by atoms with Gasteiger partial charge >= 0.3 is 0 Å². The fourth-order valence-corrected chi connectivity index (χ4v) is 4.95. The number of hydrogen-bond donors (Lipinski definition) is 1. The maximum absolute atomic E-state index is 13.0. The number of carbonyl (C=O) groups excluding carboxylic acids is 3. The van der Waals surface area contributed by atoms with E-state index in [-0.39, 0.29) is 41.4 Å². The molecule has 2 aromatic rings.